The third kappa shape index (κ3) is 2.75. The molecule has 2 heteroatoms. The SMILES string of the molecule is CCCCN1CCN(CCC)[C@@H]2CC21CCCC. The molecule has 2 fully saturated rings. The Labute approximate surface area is 114 Å². The molecular formula is C16H32N2. The molecule has 2 aliphatic rings. The van der Waals surface area contributed by atoms with E-state index in [2.05, 4.69) is 30.6 Å². The fourth-order valence-corrected chi connectivity index (χ4v) is 3.86. The summed E-state index contributed by atoms with van der Waals surface area (Å²) in [7, 11) is 0. The van der Waals surface area contributed by atoms with Gasteiger partial charge in [0.1, 0.15) is 0 Å². The molecule has 0 aromatic rings. The smallest absolute Gasteiger partial charge is 0.0381 e. The van der Waals surface area contributed by atoms with Crippen LogP contribution in [0.3, 0.4) is 0 Å². The van der Waals surface area contributed by atoms with Crippen LogP contribution in [-0.2, 0) is 0 Å². The Kier molecular flexibility index (Phi) is 5.08. The minimum absolute atomic E-state index is 0.596. The third-order valence-corrected chi connectivity index (χ3v) is 4.99. The van der Waals surface area contributed by atoms with Gasteiger partial charge in [-0.3, -0.25) is 9.80 Å². The molecule has 18 heavy (non-hydrogen) atoms. The highest BCUT2D eigenvalue weighted by Crippen LogP contribution is 2.51. The molecule has 1 aliphatic carbocycles. The predicted octanol–water partition coefficient (Wildman–Crippen LogP) is 3.52. The summed E-state index contributed by atoms with van der Waals surface area (Å²) in [4.78, 5) is 5.63. The summed E-state index contributed by atoms with van der Waals surface area (Å²) < 4.78 is 0. The molecule has 0 amide bonds. The van der Waals surface area contributed by atoms with Crippen LogP contribution in [0.1, 0.15) is 65.7 Å². The van der Waals surface area contributed by atoms with Crippen molar-refractivity contribution in [1.82, 2.24) is 9.80 Å². The van der Waals surface area contributed by atoms with Crippen LogP contribution in [0.2, 0.25) is 0 Å². The summed E-state index contributed by atoms with van der Waals surface area (Å²) in [6, 6.07) is 0.898. The van der Waals surface area contributed by atoms with Gasteiger partial charge in [0.05, 0.1) is 0 Å². The molecular weight excluding hydrogens is 220 g/mol. The lowest BCUT2D eigenvalue weighted by atomic mass is 10.0. The Morgan fingerprint density at radius 2 is 1.72 bits per heavy atom. The summed E-state index contributed by atoms with van der Waals surface area (Å²) in [5.74, 6) is 0. The van der Waals surface area contributed by atoms with Gasteiger partial charge in [0.25, 0.3) is 0 Å². The average Bonchev–Trinajstić information content (AvgIpc) is 3.12. The van der Waals surface area contributed by atoms with E-state index in [9.17, 15) is 0 Å². The first kappa shape index (κ1) is 14.3. The minimum Gasteiger partial charge on any atom is -0.297 e. The summed E-state index contributed by atoms with van der Waals surface area (Å²) in [6.07, 6.45) is 9.70. The molecule has 0 aromatic heterocycles. The molecule has 0 aromatic carbocycles. The largest absolute Gasteiger partial charge is 0.297 e. The fraction of sp³-hybridized carbons (Fsp3) is 1.00. The van der Waals surface area contributed by atoms with Gasteiger partial charge in [0.2, 0.25) is 0 Å². The second kappa shape index (κ2) is 6.38. The zero-order valence-electron chi connectivity index (χ0n) is 12.7. The van der Waals surface area contributed by atoms with Crippen LogP contribution >= 0.6 is 0 Å². The van der Waals surface area contributed by atoms with Crippen LogP contribution in [0.15, 0.2) is 0 Å². The van der Waals surface area contributed by atoms with Crippen molar-refractivity contribution >= 4 is 0 Å². The molecule has 0 spiro atoms. The highest BCUT2D eigenvalue weighted by atomic mass is 15.4. The first-order chi connectivity index (χ1) is 8.78. The molecule has 2 atom stereocenters. The Bertz CT molecular complexity index is 253. The van der Waals surface area contributed by atoms with Crippen molar-refractivity contribution in [1.29, 1.82) is 0 Å². The van der Waals surface area contributed by atoms with Crippen LogP contribution in [0, 0.1) is 0 Å². The monoisotopic (exact) mass is 252 g/mol. The van der Waals surface area contributed by atoms with Gasteiger partial charge in [-0.15, -0.1) is 0 Å². The van der Waals surface area contributed by atoms with E-state index >= 15 is 0 Å². The standard InChI is InChI=1S/C16H32N2/c1-4-7-9-16-14-15(16)17(10-6-3)12-13-18(16)11-8-5-2/h15H,4-14H2,1-3H3/t15-,16?/m1/s1. The Balaban J connectivity index is 1.96. The fourth-order valence-electron chi connectivity index (χ4n) is 3.86. The lowest BCUT2D eigenvalue weighted by Gasteiger charge is -2.41. The highest BCUT2D eigenvalue weighted by molar-refractivity contribution is 5.19. The van der Waals surface area contributed by atoms with Crippen molar-refractivity contribution in [3.63, 3.8) is 0 Å². The number of hydrogen-bond acceptors (Lipinski definition) is 2. The molecule has 1 heterocycles. The molecule has 1 saturated carbocycles. The zero-order chi connectivity index (χ0) is 13.0. The number of unbranched alkanes of at least 4 members (excludes halogenated alkanes) is 2. The van der Waals surface area contributed by atoms with Gasteiger partial charge in [0.15, 0.2) is 0 Å². The van der Waals surface area contributed by atoms with Gasteiger partial charge in [0, 0.05) is 24.7 Å². The maximum absolute atomic E-state index is 2.85. The highest BCUT2D eigenvalue weighted by Gasteiger charge is 2.61. The maximum atomic E-state index is 2.85. The Morgan fingerprint density at radius 3 is 2.39 bits per heavy atom. The number of fused-ring (bicyclic) bond motifs is 1. The van der Waals surface area contributed by atoms with Crippen LogP contribution < -0.4 is 0 Å². The Hall–Kier alpha value is -0.0800. The van der Waals surface area contributed by atoms with E-state index < -0.39 is 0 Å². The minimum atomic E-state index is 0.596. The number of piperazine rings is 1. The van der Waals surface area contributed by atoms with Crippen molar-refractivity contribution < 1.29 is 0 Å². The Morgan fingerprint density at radius 1 is 0.944 bits per heavy atom. The van der Waals surface area contributed by atoms with Gasteiger partial charge in [-0.1, -0.05) is 40.0 Å². The van der Waals surface area contributed by atoms with E-state index in [4.69, 9.17) is 0 Å². The van der Waals surface area contributed by atoms with E-state index in [0.717, 1.165) is 6.04 Å². The lowest BCUT2D eigenvalue weighted by Crippen LogP contribution is -2.53. The van der Waals surface area contributed by atoms with E-state index in [1.54, 1.807) is 0 Å². The van der Waals surface area contributed by atoms with E-state index in [0.29, 0.717) is 5.54 Å². The zero-order valence-corrected chi connectivity index (χ0v) is 12.7. The number of rotatable bonds is 8. The van der Waals surface area contributed by atoms with E-state index in [1.165, 1.54) is 71.1 Å². The van der Waals surface area contributed by atoms with Crippen LogP contribution in [0.5, 0.6) is 0 Å². The maximum Gasteiger partial charge on any atom is 0.0381 e. The summed E-state index contributed by atoms with van der Waals surface area (Å²) in [5, 5.41) is 0. The van der Waals surface area contributed by atoms with Gasteiger partial charge >= 0.3 is 0 Å². The van der Waals surface area contributed by atoms with Crippen LogP contribution in [0.4, 0.5) is 0 Å². The lowest BCUT2D eigenvalue weighted by molar-refractivity contribution is 0.0622. The second-order valence-electron chi connectivity index (χ2n) is 6.30. The predicted molar refractivity (Wildman–Crippen MR) is 79.0 cm³/mol. The topological polar surface area (TPSA) is 6.48 Å². The average molecular weight is 252 g/mol. The molecule has 0 bridgehead atoms. The molecule has 0 radical (unpaired) electrons. The van der Waals surface area contributed by atoms with Crippen molar-refractivity contribution in [3.8, 4) is 0 Å². The van der Waals surface area contributed by atoms with Crippen molar-refractivity contribution in [2.45, 2.75) is 77.3 Å². The third-order valence-electron chi connectivity index (χ3n) is 4.99. The summed E-state index contributed by atoms with van der Waals surface area (Å²) in [5.41, 5.74) is 0.596. The summed E-state index contributed by atoms with van der Waals surface area (Å²) in [6.45, 7) is 12.3. The molecule has 2 rings (SSSR count). The normalized spacial score (nSPS) is 32.5. The van der Waals surface area contributed by atoms with Crippen molar-refractivity contribution in [3.05, 3.63) is 0 Å². The molecule has 1 aliphatic heterocycles. The number of nitrogens with zero attached hydrogens (tertiary/aromatic N) is 2. The molecule has 2 nitrogen and oxygen atoms in total. The molecule has 106 valence electrons. The first-order valence-electron chi connectivity index (χ1n) is 8.27. The molecule has 1 saturated heterocycles. The van der Waals surface area contributed by atoms with Crippen LogP contribution in [-0.4, -0.2) is 47.6 Å². The van der Waals surface area contributed by atoms with E-state index in [-0.39, 0.29) is 0 Å². The van der Waals surface area contributed by atoms with Gasteiger partial charge in [-0.25, -0.2) is 0 Å². The van der Waals surface area contributed by atoms with Crippen molar-refractivity contribution in [2.24, 2.45) is 0 Å². The summed E-state index contributed by atoms with van der Waals surface area (Å²) >= 11 is 0. The van der Waals surface area contributed by atoms with Crippen molar-refractivity contribution in [2.75, 3.05) is 26.2 Å². The van der Waals surface area contributed by atoms with Gasteiger partial charge in [-0.05, 0) is 38.8 Å². The first-order valence-corrected chi connectivity index (χ1v) is 8.27. The van der Waals surface area contributed by atoms with Gasteiger partial charge < -0.3 is 0 Å². The molecule has 1 unspecified atom stereocenters. The van der Waals surface area contributed by atoms with Gasteiger partial charge in [-0.2, -0.15) is 0 Å². The van der Waals surface area contributed by atoms with Crippen LogP contribution in [0.25, 0.3) is 0 Å². The molecule has 0 N–H and O–H groups in total. The quantitative estimate of drug-likeness (QED) is 0.652. The second-order valence-corrected chi connectivity index (χ2v) is 6.30. The number of hydrogen-bond donors (Lipinski definition) is 0. The van der Waals surface area contributed by atoms with E-state index in [1.807, 2.05) is 0 Å².